The number of hydrogen-bond donors (Lipinski definition) is 0. The van der Waals surface area contributed by atoms with Crippen LogP contribution in [0.1, 0.15) is 83.6 Å². The van der Waals surface area contributed by atoms with E-state index < -0.39 is 0 Å². The number of rotatable bonds is 13. The molecule has 1 heterocycles. The molecule has 0 fully saturated rings. The zero-order valence-electron chi connectivity index (χ0n) is 16.5. The van der Waals surface area contributed by atoms with Crippen LogP contribution < -0.4 is 0 Å². The highest BCUT2D eigenvalue weighted by Gasteiger charge is 2.23. The summed E-state index contributed by atoms with van der Waals surface area (Å²) in [4.78, 5) is 5.03. The summed E-state index contributed by atoms with van der Waals surface area (Å²) in [5.74, 6) is 0. The van der Waals surface area contributed by atoms with Gasteiger partial charge in [-0.25, -0.2) is 0 Å². The fourth-order valence-corrected chi connectivity index (χ4v) is 3.81. The Kier molecular flexibility index (Phi) is 9.54. The van der Waals surface area contributed by atoms with Gasteiger partial charge in [-0.2, -0.15) is 0 Å². The first-order valence-corrected chi connectivity index (χ1v) is 10.6. The van der Waals surface area contributed by atoms with Crippen molar-refractivity contribution in [2.75, 3.05) is 6.54 Å². The second-order valence-corrected chi connectivity index (χ2v) is 7.41. The Hall–Kier alpha value is -1.44. The van der Waals surface area contributed by atoms with E-state index in [0.717, 1.165) is 6.54 Å². The first kappa shape index (κ1) is 19.9. The molecule has 0 bridgehead atoms. The molecule has 1 aromatic rings. The smallest absolute Gasteiger partial charge is 0.101 e. The summed E-state index contributed by atoms with van der Waals surface area (Å²) in [6.45, 7) is 6.82. The fraction of sp³-hybridized carbons (Fsp3) is 0.652. The Morgan fingerprint density at radius 2 is 1.32 bits per heavy atom. The summed E-state index contributed by atoms with van der Waals surface area (Å²) in [6.07, 6.45) is 18.9. The average Bonchev–Trinajstić information content (AvgIpc) is 3.02. The maximum Gasteiger partial charge on any atom is 0.101 e. The van der Waals surface area contributed by atoms with Gasteiger partial charge in [0.15, 0.2) is 0 Å². The molecule has 1 aliphatic rings. The van der Waals surface area contributed by atoms with Crippen LogP contribution in [0, 0.1) is 0 Å². The van der Waals surface area contributed by atoms with Crippen LogP contribution in [0.25, 0.3) is 0 Å². The highest BCUT2D eigenvalue weighted by atomic mass is 15.4. The summed E-state index contributed by atoms with van der Waals surface area (Å²) in [7, 11) is 0. The molecule has 0 radical (unpaired) electrons. The molecule has 2 nitrogen and oxygen atoms in total. The quantitative estimate of drug-likeness (QED) is 0.375. The van der Waals surface area contributed by atoms with Crippen LogP contribution >= 0.6 is 0 Å². The lowest BCUT2D eigenvalue weighted by atomic mass is 10.1. The molecule has 0 aromatic heterocycles. The Labute approximate surface area is 155 Å². The van der Waals surface area contributed by atoms with E-state index in [1.54, 1.807) is 0 Å². The SMILES string of the molecule is CCCCCCCCCCCN1C=CN(Cc2ccccc2)C1CC. The molecule has 1 aliphatic heterocycles. The second-order valence-electron chi connectivity index (χ2n) is 7.41. The predicted molar refractivity (Wildman–Crippen MR) is 109 cm³/mol. The van der Waals surface area contributed by atoms with E-state index in [1.807, 2.05) is 0 Å². The molecule has 0 amide bonds. The van der Waals surface area contributed by atoms with Gasteiger partial charge in [0.25, 0.3) is 0 Å². The zero-order valence-corrected chi connectivity index (χ0v) is 16.5. The molecule has 0 spiro atoms. The molecular formula is C23H38N2. The third-order valence-electron chi connectivity index (χ3n) is 5.31. The van der Waals surface area contributed by atoms with Crippen molar-refractivity contribution in [1.29, 1.82) is 0 Å². The van der Waals surface area contributed by atoms with E-state index in [9.17, 15) is 0 Å². The van der Waals surface area contributed by atoms with Crippen LogP contribution in [0.4, 0.5) is 0 Å². The van der Waals surface area contributed by atoms with Gasteiger partial charge in [-0.15, -0.1) is 0 Å². The van der Waals surface area contributed by atoms with Gasteiger partial charge in [-0.05, 0) is 18.4 Å². The minimum atomic E-state index is 0.536. The molecule has 0 aliphatic carbocycles. The second kappa shape index (κ2) is 12.0. The standard InChI is InChI=1S/C23H38N2/c1-3-5-6-7-8-9-10-11-15-18-24-19-20-25(23(24)4-2)21-22-16-13-12-14-17-22/h12-14,16-17,19-20,23H,3-11,15,18,21H2,1-2H3. The van der Waals surface area contributed by atoms with Crippen molar-refractivity contribution in [1.82, 2.24) is 9.80 Å². The molecule has 1 aromatic carbocycles. The van der Waals surface area contributed by atoms with Crippen LogP contribution in [0.5, 0.6) is 0 Å². The van der Waals surface area contributed by atoms with Crippen molar-refractivity contribution in [2.24, 2.45) is 0 Å². The number of nitrogens with zero attached hydrogens (tertiary/aromatic N) is 2. The van der Waals surface area contributed by atoms with Crippen molar-refractivity contribution >= 4 is 0 Å². The van der Waals surface area contributed by atoms with Gasteiger partial charge in [0.05, 0.1) is 0 Å². The van der Waals surface area contributed by atoms with Crippen LogP contribution in [-0.2, 0) is 6.54 Å². The van der Waals surface area contributed by atoms with E-state index in [-0.39, 0.29) is 0 Å². The fourth-order valence-electron chi connectivity index (χ4n) is 3.81. The molecule has 0 N–H and O–H groups in total. The molecule has 0 saturated carbocycles. The van der Waals surface area contributed by atoms with Gasteiger partial charge >= 0.3 is 0 Å². The average molecular weight is 343 g/mol. The monoisotopic (exact) mass is 342 g/mol. The highest BCUT2D eigenvalue weighted by Crippen LogP contribution is 2.22. The molecule has 1 unspecified atom stereocenters. The maximum absolute atomic E-state index is 2.55. The number of hydrogen-bond acceptors (Lipinski definition) is 2. The number of benzene rings is 1. The Morgan fingerprint density at radius 1 is 0.720 bits per heavy atom. The first-order valence-electron chi connectivity index (χ1n) is 10.6. The zero-order chi connectivity index (χ0) is 17.7. The maximum atomic E-state index is 2.55. The van der Waals surface area contributed by atoms with E-state index in [1.165, 1.54) is 76.3 Å². The highest BCUT2D eigenvalue weighted by molar-refractivity contribution is 5.15. The lowest BCUT2D eigenvalue weighted by molar-refractivity contribution is 0.140. The predicted octanol–water partition coefficient (Wildman–Crippen LogP) is 6.54. The topological polar surface area (TPSA) is 6.48 Å². The molecule has 0 saturated heterocycles. The normalized spacial score (nSPS) is 16.8. The molecular weight excluding hydrogens is 304 g/mol. The van der Waals surface area contributed by atoms with E-state index in [2.05, 4.69) is 66.4 Å². The third-order valence-corrected chi connectivity index (χ3v) is 5.31. The number of unbranched alkanes of at least 4 members (excludes halogenated alkanes) is 8. The largest absolute Gasteiger partial charge is 0.356 e. The molecule has 140 valence electrons. The van der Waals surface area contributed by atoms with Gasteiger partial charge < -0.3 is 9.80 Å². The van der Waals surface area contributed by atoms with Crippen LogP contribution in [-0.4, -0.2) is 22.5 Å². The first-order chi connectivity index (χ1) is 12.3. The lowest BCUT2D eigenvalue weighted by Gasteiger charge is -2.32. The molecule has 25 heavy (non-hydrogen) atoms. The summed E-state index contributed by atoms with van der Waals surface area (Å²) < 4.78 is 0. The van der Waals surface area contributed by atoms with Crippen molar-refractivity contribution in [3.05, 3.63) is 48.3 Å². The van der Waals surface area contributed by atoms with Gasteiger partial charge in [-0.1, -0.05) is 95.5 Å². The minimum Gasteiger partial charge on any atom is -0.356 e. The van der Waals surface area contributed by atoms with E-state index in [4.69, 9.17) is 0 Å². The van der Waals surface area contributed by atoms with Crippen molar-refractivity contribution in [2.45, 2.75) is 90.8 Å². The van der Waals surface area contributed by atoms with Crippen molar-refractivity contribution < 1.29 is 0 Å². The Morgan fingerprint density at radius 3 is 1.96 bits per heavy atom. The van der Waals surface area contributed by atoms with Crippen LogP contribution in [0.2, 0.25) is 0 Å². The summed E-state index contributed by atoms with van der Waals surface area (Å²) >= 11 is 0. The van der Waals surface area contributed by atoms with Crippen molar-refractivity contribution in [3.8, 4) is 0 Å². The molecule has 2 heteroatoms. The summed E-state index contributed by atoms with van der Waals surface area (Å²) in [6, 6.07) is 10.8. The van der Waals surface area contributed by atoms with E-state index in [0.29, 0.717) is 6.17 Å². The molecule has 2 rings (SSSR count). The van der Waals surface area contributed by atoms with Gasteiger partial charge in [0, 0.05) is 25.5 Å². The lowest BCUT2D eigenvalue weighted by Crippen LogP contribution is -2.38. The van der Waals surface area contributed by atoms with Crippen molar-refractivity contribution in [3.63, 3.8) is 0 Å². The van der Waals surface area contributed by atoms with Gasteiger partial charge in [0.1, 0.15) is 6.17 Å². The van der Waals surface area contributed by atoms with Gasteiger partial charge in [0.2, 0.25) is 0 Å². The Balaban J connectivity index is 1.60. The minimum absolute atomic E-state index is 0.536. The van der Waals surface area contributed by atoms with E-state index >= 15 is 0 Å². The van der Waals surface area contributed by atoms with Crippen LogP contribution in [0.3, 0.4) is 0 Å². The Bertz CT molecular complexity index is 468. The summed E-state index contributed by atoms with van der Waals surface area (Å²) in [5.41, 5.74) is 1.40. The third kappa shape index (κ3) is 7.13. The van der Waals surface area contributed by atoms with Gasteiger partial charge in [-0.3, -0.25) is 0 Å². The summed E-state index contributed by atoms with van der Waals surface area (Å²) in [5, 5.41) is 0. The van der Waals surface area contributed by atoms with Crippen LogP contribution in [0.15, 0.2) is 42.7 Å². The molecule has 1 atom stereocenters.